The SMILES string of the molecule is CC[C@H](C)N1CCN(C(=O)CN(C)S(=O)(=O)c2ccc3c(c2)c(=O)n(C)c(=O)n3C)CC1. The molecule has 1 aliphatic rings. The van der Waals surface area contributed by atoms with Crippen molar-refractivity contribution in [3.05, 3.63) is 39.0 Å². The first-order valence-electron chi connectivity index (χ1n) is 10.7. The van der Waals surface area contributed by atoms with Crippen LogP contribution >= 0.6 is 0 Å². The van der Waals surface area contributed by atoms with Gasteiger partial charge in [0.1, 0.15) is 0 Å². The lowest BCUT2D eigenvalue weighted by Crippen LogP contribution is -2.53. The van der Waals surface area contributed by atoms with Crippen LogP contribution in [0, 0.1) is 0 Å². The van der Waals surface area contributed by atoms with Gasteiger partial charge in [0.2, 0.25) is 15.9 Å². The zero-order chi connectivity index (χ0) is 23.8. The standard InChI is InChI=1S/C21H31N5O5S/c1-6-15(2)25-9-11-26(12-10-25)19(27)14-22(3)32(30,31)16-7-8-18-17(13-16)20(28)24(5)21(29)23(18)4/h7-8,13,15H,6,9-12,14H2,1-5H3/t15-/m0/s1. The number of sulfonamides is 1. The van der Waals surface area contributed by atoms with Crippen LogP contribution in [0.25, 0.3) is 10.9 Å². The Labute approximate surface area is 187 Å². The van der Waals surface area contributed by atoms with Gasteiger partial charge in [0.25, 0.3) is 5.56 Å². The minimum atomic E-state index is -4.01. The van der Waals surface area contributed by atoms with E-state index in [1.165, 1.54) is 43.9 Å². The van der Waals surface area contributed by atoms with Gasteiger partial charge in [0.05, 0.1) is 22.3 Å². The van der Waals surface area contributed by atoms with E-state index in [4.69, 9.17) is 0 Å². The molecule has 2 heterocycles. The number of fused-ring (bicyclic) bond motifs is 1. The summed E-state index contributed by atoms with van der Waals surface area (Å²) >= 11 is 0. The molecule has 11 heteroatoms. The van der Waals surface area contributed by atoms with Crippen molar-refractivity contribution in [2.45, 2.75) is 31.2 Å². The van der Waals surface area contributed by atoms with E-state index in [-0.39, 0.29) is 22.7 Å². The highest BCUT2D eigenvalue weighted by atomic mass is 32.2. The predicted molar refractivity (Wildman–Crippen MR) is 122 cm³/mol. The second-order valence-electron chi connectivity index (χ2n) is 8.32. The molecule has 10 nitrogen and oxygen atoms in total. The van der Waals surface area contributed by atoms with Gasteiger partial charge in [-0.3, -0.25) is 23.6 Å². The van der Waals surface area contributed by atoms with Crippen LogP contribution in [0.2, 0.25) is 0 Å². The lowest BCUT2D eigenvalue weighted by atomic mass is 10.2. The molecular weight excluding hydrogens is 434 g/mol. The van der Waals surface area contributed by atoms with Crippen molar-refractivity contribution in [2.75, 3.05) is 39.8 Å². The summed E-state index contributed by atoms with van der Waals surface area (Å²) < 4.78 is 29.4. The summed E-state index contributed by atoms with van der Waals surface area (Å²) in [6.07, 6.45) is 1.04. The maximum absolute atomic E-state index is 13.1. The molecule has 0 radical (unpaired) electrons. The Morgan fingerprint density at radius 3 is 2.31 bits per heavy atom. The third kappa shape index (κ3) is 4.37. The third-order valence-electron chi connectivity index (χ3n) is 6.39. The van der Waals surface area contributed by atoms with E-state index < -0.39 is 21.3 Å². The van der Waals surface area contributed by atoms with Crippen LogP contribution in [-0.2, 0) is 28.9 Å². The lowest BCUT2D eigenvalue weighted by molar-refractivity contribution is -0.133. The van der Waals surface area contributed by atoms with Crippen molar-refractivity contribution in [3.63, 3.8) is 0 Å². The number of likely N-dealkylation sites (N-methyl/N-ethyl adjacent to an activating group) is 1. The largest absolute Gasteiger partial charge is 0.339 e. The number of nitrogens with zero attached hydrogens (tertiary/aromatic N) is 5. The summed E-state index contributed by atoms with van der Waals surface area (Å²) in [6, 6.07) is 4.51. The van der Waals surface area contributed by atoms with Gasteiger partial charge in [-0.2, -0.15) is 4.31 Å². The second kappa shape index (κ2) is 9.16. The molecule has 1 amide bonds. The molecule has 1 aromatic heterocycles. The minimum absolute atomic E-state index is 0.0994. The van der Waals surface area contributed by atoms with E-state index in [0.717, 1.165) is 28.4 Å². The normalized spacial score (nSPS) is 16.6. The van der Waals surface area contributed by atoms with Crippen LogP contribution in [0.1, 0.15) is 20.3 Å². The molecule has 1 fully saturated rings. The molecular formula is C21H31N5O5S. The van der Waals surface area contributed by atoms with E-state index in [9.17, 15) is 22.8 Å². The van der Waals surface area contributed by atoms with Gasteiger partial charge in [-0.25, -0.2) is 13.2 Å². The van der Waals surface area contributed by atoms with E-state index in [1.54, 1.807) is 4.90 Å². The van der Waals surface area contributed by atoms with Crippen LogP contribution in [0.15, 0.2) is 32.7 Å². The topological polar surface area (TPSA) is 105 Å². The number of hydrogen-bond acceptors (Lipinski definition) is 6. The van der Waals surface area contributed by atoms with Gasteiger partial charge in [-0.1, -0.05) is 6.92 Å². The fraction of sp³-hybridized carbons (Fsp3) is 0.571. The lowest BCUT2D eigenvalue weighted by Gasteiger charge is -2.38. The van der Waals surface area contributed by atoms with Crippen molar-refractivity contribution in [3.8, 4) is 0 Å². The number of amides is 1. The number of aromatic nitrogens is 2. The number of piperazine rings is 1. The summed E-state index contributed by atoms with van der Waals surface area (Å²) in [5.74, 6) is -0.251. The van der Waals surface area contributed by atoms with E-state index in [1.807, 2.05) is 0 Å². The first-order chi connectivity index (χ1) is 15.0. The molecule has 2 aromatic rings. The number of rotatable bonds is 6. The molecule has 0 saturated carbocycles. The maximum atomic E-state index is 13.1. The molecule has 0 N–H and O–H groups in total. The Bertz CT molecular complexity index is 1240. The minimum Gasteiger partial charge on any atom is -0.339 e. The molecule has 1 aromatic carbocycles. The van der Waals surface area contributed by atoms with E-state index in [2.05, 4.69) is 18.7 Å². The van der Waals surface area contributed by atoms with Gasteiger partial charge in [-0.15, -0.1) is 0 Å². The van der Waals surface area contributed by atoms with Crippen molar-refractivity contribution in [1.29, 1.82) is 0 Å². The summed E-state index contributed by atoms with van der Waals surface area (Å²) in [7, 11) is 0.210. The predicted octanol–water partition coefficient (Wildman–Crippen LogP) is -0.200. The van der Waals surface area contributed by atoms with Crippen LogP contribution in [0.4, 0.5) is 0 Å². The van der Waals surface area contributed by atoms with Crippen molar-refractivity contribution in [2.24, 2.45) is 14.1 Å². The van der Waals surface area contributed by atoms with E-state index >= 15 is 0 Å². The fourth-order valence-electron chi connectivity index (χ4n) is 3.96. The number of carbonyl (C=O) groups excluding carboxylic acids is 1. The van der Waals surface area contributed by atoms with Gasteiger partial charge < -0.3 is 4.90 Å². The Hall–Kier alpha value is -2.50. The van der Waals surface area contributed by atoms with Crippen LogP contribution in [0.5, 0.6) is 0 Å². The average Bonchev–Trinajstić information content (AvgIpc) is 2.80. The third-order valence-corrected chi connectivity index (χ3v) is 8.18. The summed E-state index contributed by atoms with van der Waals surface area (Å²) in [5, 5.41) is 0.122. The first-order valence-corrected chi connectivity index (χ1v) is 12.1. The van der Waals surface area contributed by atoms with Gasteiger partial charge in [-0.05, 0) is 31.5 Å². The molecule has 0 bridgehead atoms. The molecule has 0 aliphatic carbocycles. The summed E-state index contributed by atoms with van der Waals surface area (Å²) in [4.78, 5) is 41.3. The van der Waals surface area contributed by atoms with Gasteiger partial charge in [0.15, 0.2) is 0 Å². The monoisotopic (exact) mass is 465 g/mol. The molecule has 32 heavy (non-hydrogen) atoms. The summed E-state index contributed by atoms with van der Waals surface area (Å²) in [6.45, 7) is 6.67. The Balaban J connectivity index is 1.79. The number of carbonyl (C=O) groups is 1. The molecule has 0 unspecified atom stereocenters. The zero-order valence-electron chi connectivity index (χ0n) is 19.2. The van der Waals surface area contributed by atoms with Crippen LogP contribution in [-0.4, -0.2) is 83.4 Å². The van der Waals surface area contributed by atoms with Gasteiger partial charge in [0, 0.05) is 53.4 Å². The highest BCUT2D eigenvalue weighted by Gasteiger charge is 2.28. The van der Waals surface area contributed by atoms with Crippen LogP contribution < -0.4 is 11.2 Å². The highest BCUT2D eigenvalue weighted by molar-refractivity contribution is 7.89. The highest BCUT2D eigenvalue weighted by Crippen LogP contribution is 2.19. The Morgan fingerprint density at radius 2 is 1.72 bits per heavy atom. The zero-order valence-corrected chi connectivity index (χ0v) is 20.1. The molecule has 0 spiro atoms. The molecule has 176 valence electrons. The summed E-state index contributed by atoms with van der Waals surface area (Å²) in [5.41, 5.74) is -0.720. The van der Waals surface area contributed by atoms with Gasteiger partial charge >= 0.3 is 5.69 Å². The molecule has 1 saturated heterocycles. The van der Waals surface area contributed by atoms with Crippen molar-refractivity contribution < 1.29 is 13.2 Å². The smallest absolute Gasteiger partial charge is 0.330 e. The Morgan fingerprint density at radius 1 is 1.09 bits per heavy atom. The van der Waals surface area contributed by atoms with Crippen LogP contribution in [0.3, 0.4) is 0 Å². The Kier molecular flexibility index (Phi) is 6.91. The molecule has 1 atom stereocenters. The second-order valence-corrected chi connectivity index (χ2v) is 10.4. The molecule has 1 aliphatic heterocycles. The first kappa shape index (κ1) is 24.1. The number of aryl methyl sites for hydroxylation is 1. The molecule has 3 rings (SSSR count). The average molecular weight is 466 g/mol. The maximum Gasteiger partial charge on any atom is 0.330 e. The van der Waals surface area contributed by atoms with E-state index in [0.29, 0.717) is 24.6 Å². The fourth-order valence-corrected chi connectivity index (χ4v) is 5.11. The number of benzene rings is 1. The van der Waals surface area contributed by atoms with Crippen molar-refractivity contribution >= 4 is 26.8 Å². The van der Waals surface area contributed by atoms with Crippen molar-refractivity contribution in [1.82, 2.24) is 23.2 Å². The quantitative estimate of drug-likeness (QED) is 0.585. The number of hydrogen-bond donors (Lipinski definition) is 0.